The fraction of sp³-hybridized carbons (Fsp3) is 0.750. The van der Waals surface area contributed by atoms with Crippen molar-refractivity contribution in [2.45, 2.75) is 46.2 Å². The van der Waals surface area contributed by atoms with E-state index in [0.29, 0.717) is 6.42 Å². The monoisotopic (exact) mass is 273 g/mol. The molecule has 0 radical (unpaired) electrons. The fourth-order valence-electron chi connectivity index (χ4n) is 1.64. The van der Waals surface area contributed by atoms with E-state index in [1.807, 2.05) is 13.8 Å². The number of hydrogen-bond acceptors (Lipinski definition) is 3. The van der Waals surface area contributed by atoms with Gasteiger partial charge in [0.1, 0.15) is 12.1 Å². The van der Waals surface area contributed by atoms with Crippen molar-refractivity contribution in [1.82, 2.24) is 10.6 Å². The third kappa shape index (κ3) is 6.64. The zero-order chi connectivity index (χ0) is 15.2. The highest BCUT2D eigenvalue weighted by Gasteiger charge is 2.28. The van der Waals surface area contributed by atoms with E-state index in [2.05, 4.69) is 10.6 Å². The van der Waals surface area contributed by atoms with Crippen molar-refractivity contribution in [2.24, 2.45) is 17.6 Å². The molecule has 0 saturated carbocycles. The number of carboxylic acid groups (broad SMARTS) is 1. The average Bonchev–Trinajstić information content (AvgIpc) is 2.22. The first-order valence-electron chi connectivity index (χ1n) is 6.24. The van der Waals surface area contributed by atoms with Gasteiger partial charge in [-0.1, -0.05) is 27.7 Å². The lowest BCUT2D eigenvalue weighted by molar-refractivity contribution is -0.143. The molecule has 5 N–H and O–H groups in total. The van der Waals surface area contributed by atoms with Crippen molar-refractivity contribution in [3.05, 3.63) is 0 Å². The zero-order valence-corrected chi connectivity index (χ0v) is 11.8. The summed E-state index contributed by atoms with van der Waals surface area (Å²) in [5.74, 6) is -1.74. The van der Waals surface area contributed by atoms with Gasteiger partial charge in [-0.3, -0.25) is 4.79 Å². The molecule has 0 aliphatic rings. The minimum Gasteiger partial charge on any atom is -0.480 e. The molecular formula is C12H23N3O4. The summed E-state index contributed by atoms with van der Waals surface area (Å²) in [6.45, 7) is 7.16. The number of amides is 3. The summed E-state index contributed by atoms with van der Waals surface area (Å²) in [4.78, 5) is 33.9. The number of rotatable bonds is 7. The number of hydrogen-bond donors (Lipinski definition) is 4. The maximum absolute atomic E-state index is 12.0. The number of urea groups is 1. The van der Waals surface area contributed by atoms with Crippen LogP contribution >= 0.6 is 0 Å². The van der Waals surface area contributed by atoms with Crippen LogP contribution in [0.5, 0.6) is 0 Å². The van der Waals surface area contributed by atoms with Crippen LogP contribution in [0.4, 0.5) is 4.79 Å². The smallest absolute Gasteiger partial charge is 0.326 e. The Bertz CT molecular complexity index is 342. The first kappa shape index (κ1) is 17.2. The predicted molar refractivity (Wildman–Crippen MR) is 70.4 cm³/mol. The molecule has 0 spiro atoms. The van der Waals surface area contributed by atoms with Gasteiger partial charge < -0.3 is 21.5 Å². The third-order valence-corrected chi connectivity index (χ3v) is 2.57. The Morgan fingerprint density at radius 1 is 1.11 bits per heavy atom. The fourth-order valence-corrected chi connectivity index (χ4v) is 1.64. The van der Waals surface area contributed by atoms with Gasteiger partial charge in [0.25, 0.3) is 0 Å². The first-order chi connectivity index (χ1) is 8.65. The van der Waals surface area contributed by atoms with E-state index in [4.69, 9.17) is 10.8 Å². The summed E-state index contributed by atoms with van der Waals surface area (Å²) < 4.78 is 0. The second kappa shape index (κ2) is 7.60. The highest BCUT2D eigenvalue weighted by atomic mass is 16.4. The van der Waals surface area contributed by atoms with Gasteiger partial charge in [-0.25, -0.2) is 9.59 Å². The van der Waals surface area contributed by atoms with E-state index in [-0.39, 0.29) is 11.8 Å². The lowest BCUT2D eigenvalue weighted by atomic mass is 10.0. The summed E-state index contributed by atoms with van der Waals surface area (Å²) in [6.07, 6.45) is 0.388. The van der Waals surface area contributed by atoms with Crippen LogP contribution in [0.3, 0.4) is 0 Å². The average molecular weight is 273 g/mol. The number of carbonyl (C=O) groups excluding carboxylic acids is 2. The molecule has 3 amide bonds. The van der Waals surface area contributed by atoms with E-state index in [9.17, 15) is 14.4 Å². The molecule has 0 heterocycles. The minimum atomic E-state index is -1.11. The minimum absolute atomic E-state index is 0.157. The normalized spacial score (nSPS) is 14.0. The third-order valence-electron chi connectivity index (χ3n) is 2.57. The van der Waals surface area contributed by atoms with Gasteiger partial charge in [0.15, 0.2) is 0 Å². The maximum atomic E-state index is 12.0. The van der Waals surface area contributed by atoms with Crippen LogP contribution in [0.1, 0.15) is 34.1 Å². The number of nitrogens with two attached hydrogens (primary N) is 1. The Kier molecular flexibility index (Phi) is 6.89. The Labute approximate surface area is 112 Å². The number of aliphatic carboxylic acids is 1. The molecule has 0 aliphatic heterocycles. The van der Waals surface area contributed by atoms with Crippen LogP contribution in [-0.2, 0) is 9.59 Å². The molecule has 2 atom stereocenters. The summed E-state index contributed by atoms with van der Waals surface area (Å²) >= 11 is 0. The number of primary amides is 1. The standard InChI is InChI=1S/C12H23N3O4/c1-6(2)5-8(14-12(13)19)10(16)15-9(7(3)4)11(17)18/h6-9H,5H2,1-4H3,(H,15,16)(H,17,18)(H3,13,14,19). The quantitative estimate of drug-likeness (QED) is 0.532. The molecule has 0 aliphatic carbocycles. The van der Waals surface area contributed by atoms with Crippen LogP contribution in [0, 0.1) is 11.8 Å². The van der Waals surface area contributed by atoms with Gasteiger partial charge in [-0.2, -0.15) is 0 Å². The zero-order valence-electron chi connectivity index (χ0n) is 11.8. The van der Waals surface area contributed by atoms with Gasteiger partial charge in [0, 0.05) is 0 Å². The summed E-state index contributed by atoms with van der Waals surface area (Å²) in [5, 5.41) is 13.8. The molecule has 110 valence electrons. The molecular weight excluding hydrogens is 250 g/mol. The van der Waals surface area contributed by atoms with Crippen LogP contribution in [-0.4, -0.2) is 35.1 Å². The molecule has 0 rings (SSSR count). The molecule has 0 fully saturated rings. The highest BCUT2D eigenvalue weighted by Crippen LogP contribution is 2.07. The second-order valence-corrected chi connectivity index (χ2v) is 5.26. The van der Waals surface area contributed by atoms with Crippen LogP contribution in [0.2, 0.25) is 0 Å². The van der Waals surface area contributed by atoms with Crippen molar-refractivity contribution < 1.29 is 19.5 Å². The van der Waals surface area contributed by atoms with Crippen LogP contribution in [0.15, 0.2) is 0 Å². The number of carbonyl (C=O) groups is 3. The Morgan fingerprint density at radius 2 is 1.63 bits per heavy atom. The lowest BCUT2D eigenvalue weighted by Gasteiger charge is -2.23. The van der Waals surface area contributed by atoms with Gasteiger partial charge in [0.05, 0.1) is 0 Å². The Balaban J connectivity index is 4.78. The summed E-state index contributed by atoms with van der Waals surface area (Å²) in [7, 11) is 0. The molecule has 7 heteroatoms. The Morgan fingerprint density at radius 3 is 1.95 bits per heavy atom. The van der Waals surface area contributed by atoms with Crippen molar-refractivity contribution >= 4 is 17.9 Å². The largest absolute Gasteiger partial charge is 0.480 e. The molecule has 0 aromatic heterocycles. The lowest BCUT2D eigenvalue weighted by Crippen LogP contribution is -2.54. The number of nitrogens with one attached hydrogen (secondary N) is 2. The van der Waals surface area contributed by atoms with E-state index in [1.165, 1.54) is 0 Å². The van der Waals surface area contributed by atoms with Crippen LogP contribution in [0.25, 0.3) is 0 Å². The van der Waals surface area contributed by atoms with Crippen molar-refractivity contribution in [1.29, 1.82) is 0 Å². The molecule has 0 bridgehead atoms. The van der Waals surface area contributed by atoms with Gasteiger partial charge in [-0.15, -0.1) is 0 Å². The second-order valence-electron chi connectivity index (χ2n) is 5.26. The van der Waals surface area contributed by atoms with Gasteiger partial charge >= 0.3 is 12.0 Å². The van der Waals surface area contributed by atoms with Crippen molar-refractivity contribution in [3.8, 4) is 0 Å². The summed E-state index contributed by atoms with van der Waals surface area (Å²) in [6, 6.07) is -2.62. The Hall–Kier alpha value is -1.79. The molecule has 0 saturated heterocycles. The van der Waals surface area contributed by atoms with Crippen molar-refractivity contribution in [3.63, 3.8) is 0 Å². The SMILES string of the molecule is CC(C)CC(NC(N)=O)C(=O)NC(C(=O)O)C(C)C. The molecule has 0 aromatic carbocycles. The van der Waals surface area contributed by atoms with E-state index in [0.717, 1.165) is 0 Å². The van der Waals surface area contributed by atoms with E-state index in [1.54, 1.807) is 13.8 Å². The van der Waals surface area contributed by atoms with Crippen LogP contribution < -0.4 is 16.4 Å². The van der Waals surface area contributed by atoms with Gasteiger partial charge in [-0.05, 0) is 18.3 Å². The molecule has 19 heavy (non-hydrogen) atoms. The van der Waals surface area contributed by atoms with E-state index >= 15 is 0 Å². The molecule has 0 aromatic rings. The maximum Gasteiger partial charge on any atom is 0.326 e. The van der Waals surface area contributed by atoms with Crippen molar-refractivity contribution in [2.75, 3.05) is 0 Å². The molecule has 7 nitrogen and oxygen atoms in total. The predicted octanol–water partition coefficient (Wildman–Crippen LogP) is 0.295. The van der Waals surface area contributed by atoms with E-state index < -0.39 is 30.0 Å². The topological polar surface area (TPSA) is 122 Å². The highest BCUT2D eigenvalue weighted by molar-refractivity contribution is 5.89. The number of carboxylic acids is 1. The summed E-state index contributed by atoms with van der Waals surface area (Å²) in [5.41, 5.74) is 5.01. The van der Waals surface area contributed by atoms with Gasteiger partial charge in [0.2, 0.25) is 5.91 Å². The first-order valence-corrected chi connectivity index (χ1v) is 6.24. The molecule has 2 unspecified atom stereocenters.